The minimum atomic E-state index is -0.158. The maximum Gasteiger partial charge on any atom is 0.232 e. The zero-order valence-corrected chi connectivity index (χ0v) is 19.6. The number of allylic oxidation sites excluding steroid dienone is 1. The van der Waals surface area contributed by atoms with Gasteiger partial charge in [0.2, 0.25) is 5.78 Å². The van der Waals surface area contributed by atoms with Crippen LogP contribution in [0, 0.1) is 6.92 Å². The third-order valence-electron chi connectivity index (χ3n) is 5.55. The predicted octanol–water partition coefficient (Wildman–Crippen LogP) is 6.46. The van der Waals surface area contributed by atoms with Gasteiger partial charge in [0.25, 0.3) is 0 Å². The second kappa shape index (κ2) is 8.89. The molecule has 33 heavy (non-hydrogen) atoms. The lowest BCUT2D eigenvalue weighted by atomic mass is 10.0. The van der Waals surface area contributed by atoms with Gasteiger partial charge in [-0.3, -0.25) is 4.79 Å². The molecule has 0 saturated carbocycles. The molecule has 0 radical (unpaired) electrons. The Labute approximate surface area is 200 Å². The molecule has 2 aliphatic rings. The van der Waals surface area contributed by atoms with E-state index in [4.69, 9.17) is 18.9 Å². The van der Waals surface area contributed by atoms with E-state index in [1.54, 1.807) is 18.2 Å². The summed E-state index contributed by atoms with van der Waals surface area (Å²) in [5, 5.41) is 0. The lowest BCUT2D eigenvalue weighted by Crippen LogP contribution is -2.12. The molecule has 0 bridgehead atoms. The summed E-state index contributed by atoms with van der Waals surface area (Å²) in [5.41, 5.74) is 5.13. The number of aryl methyl sites for hydroxylation is 1. The summed E-state index contributed by atoms with van der Waals surface area (Å²) in [6, 6.07) is 15.5. The van der Waals surface area contributed by atoms with Crippen LogP contribution in [0.25, 0.3) is 12.2 Å². The first-order valence-corrected chi connectivity index (χ1v) is 11.3. The Morgan fingerprint density at radius 2 is 1.97 bits per heavy atom. The van der Waals surface area contributed by atoms with Crippen molar-refractivity contribution in [2.45, 2.75) is 20.1 Å². The van der Waals surface area contributed by atoms with Gasteiger partial charge >= 0.3 is 0 Å². The van der Waals surface area contributed by atoms with Gasteiger partial charge in [-0.05, 0) is 47.9 Å². The lowest BCUT2D eigenvalue weighted by molar-refractivity contribution is -0.0165. The number of hydrogen-bond acceptors (Lipinski definition) is 5. The minimum absolute atomic E-state index is 0.158. The fourth-order valence-electron chi connectivity index (χ4n) is 3.93. The third-order valence-corrected chi connectivity index (χ3v) is 6.01. The Morgan fingerprint density at radius 3 is 2.76 bits per heavy atom. The van der Waals surface area contributed by atoms with Crippen molar-refractivity contribution in [2.24, 2.45) is 0 Å². The van der Waals surface area contributed by atoms with Crippen molar-refractivity contribution in [2.75, 3.05) is 6.79 Å². The van der Waals surface area contributed by atoms with E-state index in [1.165, 1.54) is 0 Å². The van der Waals surface area contributed by atoms with Gasteiger partial charge in [0.05, 0.1) is 12.2 Å². The van der Waals surface area contributed by atoms with Crippen molar-refractivity contribution in [3.05, 3.63) is 98.7 Å². The fraction of sp³-hybridized carbons (Fsp3) is 0.148. The molecule has 0 aromatic heterocycles. The van der Waals surface area contributed by atoms with E-state index in [0.717, 1.165) is 32.3 Å². The summed E-state index contributed by atoms with van der Waals surface area (Å²) in [7, 11) is 0. The van der Waals surface area contributed by atoms with Gasteiger partial charge in [0.1, 0.15) is 23.9 Å². The van der Waals surface area contributed by atoms with Gasteiger partial charge in [-0.25, -0.2) is 0 Å². The number of carbonyl (C=O) groups excluding carboxylic acids is 1. The van der Waals surface area contributed by atoms with Crippen LogP contribution in [-0.4, -0.2) is 12.6 Å². The fourth-order valence-corrected chi connectivity index (χ4v) is 4.46. The molecule has 0 saturated heterocycles. The SMILES string of the molecule is C=Cc1ccc(COc2cc(C)c3c(c2)O/C(=C\c2cc(Br)cc4c2OCOC4)C3=O)cc1. The van der Waals surface area contributed by atoms with E-state index >= 15 is 0 Å². The van der Waals surface area contributed by atoms with Gasteiger partial charge in [0, 0.05) is 21.7 Å². The second-order valence-corrected chi connectivity index (χ2v) is 8.80. The number of fused-ring (bicyclic) bond motifs is 2. The van der Waals surface area contributed by atoms with Crippen molar-refractivity contribution < 1.29 is 23.7 Å². The Balaban J connectivity index is 1.40. The molecule has 0 N–H and O–H groups in total. The molecule has 0 fully saturated rings. The molecule has 0 spiro atoms. The summed E-state index contributed by atoms with van der Waals surface area (Å²) in [4.78, 5) is 13.1. The first-order valence-electron chi connectivity index (χ1n) is 10.5. The van der Waals surface area contributed by atoms with E-state index < -0.39 is 0 Å². The Bertz CT molecular complexity index is 1290. The Kier molecular flexibility index (Phi) is 5.79. The summed E-state index contributed by atoms with van der Waals surface area (Å²) in [6.07, 6.45) is 3.52. The first-order chi connectivity index (χ1) is 16.0. The standard InChI is InChI=1S/C27H21BrO5/c1-3-17-4-6-18(7-5-17)13-31-22-8-16(2)25-23(12-22)33-24(26(25)29)11-19-9-21(28)10-20-14-30-15-32-27(19)20/h3-12H,1,13-15H2,2H3/b24-11-. The Morgan fingerprint density at radius 1 is 1.15 bits per heavy atom. The topological polar surface area (TPSA) is 54.0 Å². The van der Waals surface area contributed by atoms with Crippen molar-refractivity contribution >= 4 is 33.9 Å². The highest BCUT2D eigenvalue weighted by atomic mass is 79.9. The normalized spacial score (nSPS) is 15.5. The third kappa shape index (κ3) is 4.32. The van der Waals surface area contributed by atoms with Crippen LogP contribution >= 0.6 is 15.9 Å². The van der Waals surface area contributed by atoms with Gasteiger partial charge < -0.3 is 18.9 Å². The molecule has 5 rings (SSSR count). The molecule has 5 nitrogen and oxygen atoms in total. The molecular weight excluding hydrogens is 484 g/mol. The van der Waals surface area contributed by atoms with Gasteiger partial charge in [-0.15, -0.1) is 0 Å². The molecule has 3 aromatic rings. The molecule has 3 aromatic carbocycles. The van der Waals surface area contributed by atoms with Crippen LogP contribution < -0.4 is 14.2 Å². The van der Waals surface area contributed by atoms with Crippen LogP contribution in [-0.2, 0) is 18.0 Å². The number of Topliss-reactive ketones (excluding diaryl/α,β-unsaturated/α-hetero) is 1. The van der Waals surface area contributed by atoms with Gasteiger partial charge in [-0.1, -0.05) is 52.9 Å². The largest absolute Gasteiger partial charge is 0.489 e. The average molecular weight is 505 g/mol. The zero-order chi connectivity index (χ0) is 22.9. The molecule has 0 unspecified atom stereocenters. The first kappa shape index (κ1) is 21.5. The number of benzene rings is 3. The average Bonchev–Trinajstić information content (AvgIpc) is 3.13. The smallest absolute Gasteiger partial charge is 0.232 e. The quantitative estimate of drug-likeness (QED) is 0.373. The number of halogens is 1. The number of ether oxygens (including phenoxy) is 4. The number of ketones is 1. The van der Waals surface area contributed by atoms with Crippen LogP contribution in [0.4, 0.5) is 0 Å². The molecular formula is C27H21BrO5. The highest BCUT2D eigenvalue weighted by molar-refractivity contribution is 9.10. The molecule has 0 atom stereocenters. The molecule has 2 aliphatic heterocycles. The maximum atomic E-state index is 13.1. The number of rotatable bonds is 5. The highest BCUT2D eigenvalue weighted by Gasteiger charge is 2.30. The summed E-state index contributed by atoms with van der Waals surface area (Å²) in [5.74, 6) is 1.94. The summed E-state index contributed by atoms with van der Waals surface area (Å²) >= 11 is 3.51. The zero-order valence-electron chi connectivity index (χ0n) is 18.0. The van der Waals surface area contributed by atoms with Crippen molar-refractivity contribution in [3.8, 4) is 17.2 Å². The van der Waals surface area contributed by atoms with Crippen molar-refractivity contribution in [1.29, 1.82) is 0 Å². The lowest BCUT2D eigenvalue weighted by Gasteiger charge is -2.20. The van der Waals surface area contributed by atoms with Crippen LogP contribution in [0.1, 0.15) is 38.2 Å². The van der Waals surface area contributed by atoms with Crippen LogP contribution in [0.3, 0.4) is 0 Å². The summed E-state index contributed by atoms with van der Waals surface area (Å²) in [6.45, 7) is 6.70. The maximum absolute atomic E-state index is 13.1. The Hall–Kier alpha value is -3.35. The van der Waals surface area contributed by atoms with E-state index in [1.807, 2.05) is 49.4 Å². The van der Waals surface area contributed by atoms with Gasteiger partial charge in [-0.2, -0.15) is 0 Å². The molecule has 0 amide bonds. The predicted molar refractivity (Wildman–Crippen MR) is 129 cm³/mol. The number of hydrogen-bond donors (Lipinski definition) is 0. The molecule has 0 aliphatic carbocycles. The highest BCUT2D eigenvalue weighted by Crippen LogP contribution is 2.39. The second-order valence-electron chi connectivity index (χ2n) is 7.88. The molecule has 6 heteroatoms. The van der Waals surface area contributed by atoms with Crippen LogP contribution in [0.2, 0.25) is 0 Å². The van der Waals surface area contributed by atoms with Crippen LogP contribution in [0.5, 0.6) is 17.2 Å². The van der Waals surface area contributed by atoms with E-state index in [9.17, 15) is 4.79 Å². The van der Waals surface area contributed by atoms with Crippen molar-refractivity contribution in [3.63, 3.8) is 0 Å². The van der Waals surface area contributed by atoms with Crippen LogP contribution in [0.15, 0.2) is 65.3 Å². The number of carbonyl (C=O) groups is 1. The van der Waals surface area contributed by atoms with E-state index in [-0.39, 0.29) is 18.3 Å². The molecule has 2 heterocycles. The van der Waals surface area contributed by atoms with E-state index in [2.05, 4.69) is 22.5 Å². The van der Waals surface area contributed by atoms with E-state index in [0.29, 0.717) is 36.0 Å². The van der Waals surface area contributed by atoms with Crippen molar-refractivity contribution in [1.82, 2.24) is 0 Å². The van der Waals surface area contributed by atoms with Gasteiger partial charge in [0.15, 0.2) is 12.6 Å². The summed E-state index contributed by atoms with van der Waals surface area (Å²) < 4.78 is 23.9. The monoisotopic (exact) mass is 504 g/mol. The minimum Gasteiger partial charge on any atom is -0.489 e. The molecule has 166 valence electrons.